The molecule has 1 aliphatic heterocycles. The van der Waals surface area contributed by atoms with Gasteiger partial charge in [0.25, 0.3) is 0 Å². The first-order valence-corrected chi connectivity index (χ1v) is 7.63. The zero-order chi connectivity index (χ0) is 13.7. The zero-order valence-corrected chi connectivity index (χ0v) is 12.5. The minimum absolute atomic E-state index is 0.679. The van der Waals surface area contributed by atoms with Crippen molar-refractivity contribution in [2.45, 2.75) is 52.6 Å². The molecule has 1 aliphatic rings. The molecule has 2 atom stereocenters. The number of aromatic nitrogens is 1. The van der Waals surface area contributed by atoms with Crippen LogP contribution in [0, 0.1) is 5.92 Å². The Kier molecular flexibility index (Phi) is 5.20. The highest BCUT2D eigenvalue weighted by Crippen LogP contribution is 2.23. The van der Waals surface area contributed by atoms with Gasteiger partial charge in [-0.15, -0.1) is 0 Å². The standard InChI is InChI=1S/C16H27N3/c1-4-9-17-16-7-5-6-15(18-16)12-19-10-8-13(2)11-14(19)3/h5-7,13-14H,4,8-12H2,1-3H3,(H,17,18). The molecule has 0 saturated carbocycles. The summed E-state index contributed by atoms with van der Waals surface area (Å²) in [4.78, 5) is 7.27. The molecule has 1 fully saturated rings. The predicted octanol–water partition coefficient (Wildman–Crippen LogP) is 3.52. The van der Waals surface area contributed by atoms with Crippen molar-refractivity contribution in [3.05, 3.63) is 23.9 Å². The van der Waals surface area contributed by atoms with Crippen LogP contribution in [0.25, 0.3) is 0 Å². The van der Waals surface area contributed by atoms with Crippen LogP contribution in [0.5, 0.6) is 0 Å². The number of hydrogen-bond donors (Lipinski definition) is 1. The van der Waals surface area contributed by atoms with E-state index in [-0.39, 0.29) is 0 Å². The summed E-state index contributed by atoms with van der Waals surface area (Å²) in [5, 5.41) is 3.36. The van der Waals surface area contributed by atoms with E-state index in [9.17, 15) is 0 Å². The number of anilines is 1. The van der Waals surface area contributed by atoms with E-state index in [1.165, 1.54) is 25.1 Å². The second-order valence-electron chi connectivity index (χ2n) is 5.89. The number of hydrogen-bond acceptors (Lipinski definition) is 3. The van der Waals surface area contributed by atoms with Gasteiger partial charge in [-0.05, 0) is 50.8 Å². The van der Waals surface area contributed by atoms with Crippen LogP contribution < -0.4 is 5.32 Å². The average Bonchev–Trinajstić information content (AvgIpc) is 2.40. The summed E-state index contributed by atoms with van der Waals surface area (Å²) in [6.45, 7) is 10.1. The van der Waals surface area contributed by atoms with Crippen molar-refractivity contribution >= 4 is 5.82 Å². The first kappa shape index (κ1) is 14.3. The van der Waals surface area contributed by atoms with Crippen molar-refractivity contribution in [3.8, 4) is 0 Å². The molecule has 0 bridgehead atoms. The number of pyridine rings is 1. The van der Waals surface area contributed by atoms with Gasteiger partial charge in [0.05, 0.1) is 5.69 Å². The average molecular weight is 261 g/mol. The Morgan fingerprint density at radius 3 is 2.95 bits per heavy atom. The van der Waals surface area contributed by atoms with Crippen LogP contribution in [0.4, 0.5) is 5.82 Å². The Morgan fingerprint density at radius 2 is 2.21 bits per heavy atom. The van der Waals surface area contributed by atoms with Gasteiger partial charge in [-0.1, -0.05) is 19.9 Å². The molecule has 0 aromatic carbocycles. The van der Waals surface area contributed by atoms with Crippen molar-refractivity contribution < 1.29 is 0 Å². The first-order valence-electron chi connectivity index (χ1n) is 7.63. The topological polar surface area (TPSA) is 28.2 Å². The van der Waals surface area contributed by atoms with Gasteiger partial charge in [-0.2, -0.15) is 0 Å². The number of nitrogens with zero attached hydrogens (tertiary/aromatic N) is 2. The highest BCUT2D eigenvalue weighted by Gasteiger charge is 2.22. The van der Waals surface area contributed by atoms with E-state index >= 15 is 0 Å². The molecule has 0 aliphatic carbocycles. The van der Waals surface area contributed by atoms with E-state index < -0.39 is 0 Å². The van der Waals surface area contributed by atoms with E-state index in [0.29, 0.717) is 6.04 Å². The highest BCUT2D eigenvalue weighted by molar-refractivity contribution is 5.35. The SMILES string of the molecule is CCCNc1cccc(CN2CCC(C)CC2C)n1. The number of nitrogens with one attached hydrogen (secondary N) is 1. The molecule has 0 amide bonds. The largest absolute Gasteiger partial charge is 0.370 e. The van der Waals surface area contributed by atoms with Crippen LogP contribution in [0.3, 0.4) is 0 Å². The monoisotopic (exact) mass is 261 g/mol. The van der Waals surface area contributed by atoms with E-state index in [4.69, 9.17) is 4.98 Å². The molecule has 2 unspecified atom stereocenters. The van der Waals surface area contributed by atoms with Gasteiger partial charge >= 0.3 is 0 Å². The van der Waals surface area contributed by atoms with E-state index in [0.717, 1.165) is 31.2 Å². The normalized spacial score (nSPS) is 24.4. The number of rotatable bonds is 5. The molecular formula is C16H27N3. The number of likely N-dealkylation sites (tertiary alicyclic amines) is 1. The highest BCUT2D eigenvalue weighted by atomic mass is 15.2. The van der Waals surface area contributed by atoms with Gasteiger partial charge in [-0.25, -0.2) is 4.98 Å². The molecule has 1 aromatic heterocycles. The summed E-state index contributed by atoms with van der Waals surface area (Å²) in [5.74, 6) is 1.88. The van der Waals surface area contributed by atoms with E-state index in [1.807, 2.05) is 0 Å². The molecule has 2 rings (SSSR count). The van der Waals surface area contributed by atoms with Crippen molar-refractivity contribution in [2.24, 2.45) is 5.92 Å². The zero-order valence-electron chi connectivity index (χ0n) is 12.5. The fraction of sp³-hybridized carbons (Fsp3) is 0.688. The van der Waals surface area contributed by atoms with Gasteiger partial charge < -0.3 is 5.32 Å². The molecular weight excluding hydrogens is 234 g/mol. The summed E-state index contributed by atoms with van der Waals surface area (Å²) in [6, 6.07) is 6.98. The maximum absolute atomic E-state index is 4.71. The Bertz CT molecular complexity index is 391. The van der Waals surface area contributed by atoms with Gasteiger partial charge in [0.15, 0.2) is 0 Å². The lowest BCUT2D eigenvalue weighted by atomic mass is 9.93. The molecule has 0 spiro atoms. The molecule has 1 aromatic rings. The fourth-order valence-electron chi connectivity index (χ4n) is 2.82. The summed E-state index contributed by atoms with van der Waals surface area (Å²) in [7, 11) is 0. The fourth-order valence-corrected chi connectivity index (χ4v) is 2.82. The molecule has 2 heterocycles. The van der Waals surface area contributed by atoms with Gasteiger partial charge in [0.2, 0.25) is 0 Å². The van der Waals surface area contributed by atoms with Crippen molar-refractivity contribution in [1.82, 2.24) is 9.88 Å². The third-order valence-corrected chi connectivity index (χ3v) is 4.00. The lowest BCUT2D eigenvalue weighted by molar-refractivity contribution is 0.121. The van der Waals surface area contributed by atoms with Crippen LogP contribution in [0.1, 0.15) is 45.7 Å². The Labute approximate surface area is 117 Å². The minimum atomic E-state index is 0.679. The molecule has 1 saturated heterocycles. The predicted molar refractivity (Wildman–Crippen MR) is 81.3 cm³/mol. The van der Waals surface area contributed by atoms with Gasteiger partial charge in [0, 0.05) is 19.1 Å². The van der Waals surface area contributed by atoms with Crippen LogP contribution >= 0.6 is 0 Å². The lowest BCUT2D eigenvalue weighted by Crippen LogP contribution is -2.39. The van der Waals surface area contributed by atoms with E-state index in [2.05, 4.69) is 49.2 Å². The third kappa shape index (κ3) is 4.20. The van der Waals surface area contributed by atoms with Crippen LogP contribution in [0.2, 0.25) is 0 Å². The Hall–Kier alpha value is -1.09. The van der Waals surface area contributed by atoms with Crippen LogP contribution in [0.15, 0.2) is 18.2 Å². The van der Waals surface area contributed by atoms with Crippen molar-refractivity contribution in [2.75, 3.05) is 18.4 Å². The Morgan fingerprint density at radius 1 is 1.37 bits per heavy atom. The molecule has 1 N–H and O–H groups in total. The first-order chi connectivity index (χ1) is 9.19. The quantitative estimate of drug-likeness (QED) is 0.879. The number of piperidine rings is 1. The summed E-state index contributed by atoms with van der Waals surface area (Å²) in [6.07, 6.45) is 3.76. The van der Waals surface area contributed by atoms with Gasteiger partial charge in [-0.3, -0.25) is 4.90 Å². The minimum Gasteiger partial charge on any atom is -0.370 e. The summed E-state index contributed by atoms with van der Waals surface area (Å²) < 4.78 is 0. The molecule has 106 valence electrons. The second kappa shape index (κ2) is 6.90. The summed E-state index contributed by atoms with van der Waals surface area (Å²) in [5.41, 5.74) is 1.18. The summed E-state index contributed by atoms with van der Waals surface area (Å²) >= 11 is 0. The smallest absolute Gasteiger partial charge is 0.126 e. The van der Waals surface area contributed by atoms with Crippen molar-refractivity contribution in [3.63, 3.8) is 0 Å². The van der Waals surface area contributed by atoms with Crippen LogP contribution in [-0.2, 0) is 6.54 Å². The van der Waals surface area contributed by atoms with Gasteiger partial charge in [0.1, 0.15) is 5.82 Å². The molecule has 3 heteroatoms. The molecule has 3 nitrogen and oxygen atoms in total. The maximum atomic E-state index is 4.71. The lowest BCUT2D eigenvalue weighted by Gasteiger charge is -2.36. The van der Waals surface area contributed by atoms with E-state index in [1.54, 1.807) is 0 Å². The second-order valence-corrected chi connectivity index (χ2v) is 5.89. The van der Waals surface area contributed by atoms with Crippen molar-refractivity contribution in [1.29, 1.82) is 0 Å². The van der Waals surface area contributed by atoms with Crippen LogP contribution in [-0.4, -0.2) is 29.0 Å². The molecule has 19 heavy (non-hydrogen) atoms. The molecule has 0 radical (unpaired) electrons. The maximum Gasteiger partial charge on any atom is 0.126 e. The third-order valence-electron chi connectivity index (χ3n) is 4.00. The Balaban J connectivity index is 1.94.